The molecule has 2 heterocycles. The summed E-state index contributed by atoms with van der Waals surface area (Å²) in [6, 6.07) is -0.0866. The highest BCUT2D eigenvalue weighted by Gasteiger charge is 2.37. The van der Waals surface area contributed by atoms with Crippen molar-refractivity contribution in [3.05, 3.63) is 11.4 Å². The van der Waals surface area contributed by atoms with Crippen molar-refractivity contribution in [3.63, 3.8) is 0 Å². The van der Waals surface area contributed by atoms with Gasteiger partial charge in [0.25, 0.3) is 0 Å². The zero-order valence-electron chi connectivity index (χ0n) is 11.6. The molecule has 0 bridgehead atoms. The van der Waals surface area contributed by atoms with Gasteiger partial charge in [0.15, 0.2) is 0 Å². The lowest BCUT2D eigenvalue weighted by molar-refractivity contribution is -0.141. The number of aryl methyl sites for hydroxylation is 2. The van der Waals surface area contributed by atoms with Crippen LogP contribution in [0.4, 0.5) is 5.95 Å². The SMILES string of the molecule is CCc1nnc(N2CCC(C(=O)O)C2C)nc1CC. The van der Waals surface area contributed by atoms with Gasteiger partial charge in [-0.3, -0.25) is 4.79 Å². The van der Waals surface area contributed by atoms with Crippen molar-refractivity contribution in [2.75, 3.05) is 11.4 Å². The van der Waals surface area contributed by atoms with Crippen molar-refractivity contribution in [2.24, 2.45) is 5.92 Å². The van der Waals surface area contributed by atoms with Crippen LogP contribution >= 0.6 is 0 Å². The highest BCUT2D eigenvalue weighted by atomic mass is 16.4. The summed E-state index contributed by atoms with van der Waals surface area (Å²) in [5.74, 6) is -0.534. The van der Waals surface area contributed by atoms with E-state index >= 15 is 0 Å². The molecule has 104 valence electrons. The first-order chi connectivity index (χ1) is 9.08. The average Bonchev–Trinajstić information content (AvgIpc) is 2.80. The maximum absolute atomic E-state index is 11.1. The van der Waals surface area contributed by atoms with Crippen LogP contribution in [0.5, 0.6) is 0 Å². The third kappa shape index (κ3) is 2.52. The summed E-state index contributed by atoms with van der Waals surface area (Å²) in [7, 11) is 0. The van der Waals surface area contributed by atoms with Gasteiger partial charge in [0.2, 0.25) is 5.95 Å². The van der Waals surface area contributed by atoms with Crippen molar-refractivity contribution >= 4 is 11.9 Å². The molecule has 0 aliphatic carbocycles. The van der Waals surface area contributed by atoms with Crippen LogP contribution in [0.25, 0.3) is 0 Å². The molecule has 6 nitrogen and oxygen atoms in total. The van der Waals surface area contributed by atoms with Crippen LogP contribution in [0.2, 0.25) is 0 Å². The second-order valence-corrected chi connectivity index (χ2v) is 4.88. The predicted octanol–water partition coefficient (Wildman–Crippen LogP) is 1.30. The van der Waals surface area contributed by atoms with E-state index in [-0.39, 0.29) is 12.0 Å². The van der Waals surface area contributed by atoms with Crippen LogP contribution in [0, 0.1) is 5.92 Å². The first kappa shape index (κ1) is 13.7. The van der Waals surface area contributed by atoms with Gasteiger partial charge < -0.3 is 10.0 Å². The number of aromatic nitrogens is 3. The normalized spacial score (nSPS) is 22.8. The van der Waals surface area contributed by atoms with Crippen LogP contribution in [0.1, 0.15) is 38.6 Å². The van der Waals surface area contributed by atoms with Gasteiger partial charge in [0, 0.05) is 12.6 Å². The maximum atomic E-state index is 11.1. The number of carbonyl (C=O) groups is 1. The molecule has 1 N–H and O–H groups in total. The van der Waals surface area contributed by atoms with Gasteiger partial charge in [-0.05, 0) is 26.2 Å². The number of aliphatic carboxylic acids is 1. The number of hydrogen-bond donors (Lipinski definition) is 1. The zero-order chi connectivity index (χ0) is 14.0. The molecule has 19 heavy (non-hydrogen) atoms. The Labute approximate surface area is 112 Å². The Morgan fingerprint density at radius 2 is 2.00 bits per heavy atom. The van der Waals surface area contributed by atoms with Crippen LogP contribution in [-0.2, 0) is 17.6 Å². The fourth-order valence-electron chi connectivity index (χ4n) is 2.60. The number of nitrogens with zero attached hydrogens (tertiary/aromatic N) is 4. The average molecular weight is 264 g/mol. The molecular formula is C13H20N4O2. The highest BCUT2D eigenvalue weighted by Crippen LogP contribution is 2.27. The highest BCUT2D eigenvalue weighted by molar-refractivity contribution is 5.72. The lowest BCUT2D eigenvalue weighted by Gasteiger charge is -2.23. The Hall–Kier alpha value is -1.72. The first-order valence-corrected chi connectivity index (χ1v) is 6.80. The molecule has 1 aliphatic heterocycles. The van der Waals surface area contributed by atoms with Gasteiger partial charge in [-0.2, -0.15) is 5.10 Å². The Morgan fingerprint density at radius 1 is 1.32 bits per heavy atom. The van der Waals surface area contributed by atoms with Gasteiger partial charge in [0.05, 0.1) is 17.3 Å². The van der Waals surface area contributed by atoms with Gasteiger partial charge in [-0.1, -0.05) is 13.8 Å². The number of carboxylic acid groups (broad SMARTS) is 1. The van der Waals surface area contributed by atoms with Crippen molar-refractivity contribution in [1.29, 1.82) is 0 Å². The molecule has 1 aromatic rings. The Kier molecular flexibility index (Phi) is 3.97. The molecule has 1 fully saturated rings. The van der Waals surface area contributed by atoms with E-state index in [1.807, 2.05) is 25.7 Å². The fourth-order valence-corrected chi connectivity index (χ4v) is 2.60. The minimum absolute atomic E-state index is 0.0866. The molecule has 1 saturated heterocycles. The Bertz CT molecular complexity index is 478. The van der Waals surface area contributed by atoms with Crippen LogP contribution in [0.3, 0.4) is 0 Å². The molecule has 1 aromatic heterocycles. The van der Waals surface area contributed by atoms with E-state index in [2.05, 4.69) is 15.2 Å². The molecule has 0 radical (unpaired) electrons. The summed E-state index contributed by atoms with van der Waals surface area (Å²) >= 11 is 0. The van der Waals surface area contributed by atoms with Crippen LogP contribution in [-0.4, -0.2) is 38.8 Å². The predicted molar refractivity (Wildman–Crippen MR) is 71.1 cm³/mol. The standard InChI is InChI=1S/C13H20N4O2/c1-4-10-11(5-2)15-16-13(14-10)17-7-6-9(8(17)3)12(18)19/h8-9H,4-7H2,1-3H3,(H,18,19). The lowest BCUT2D eigenvalue weighted by Crippen LogP contribution is -2.34. The number of anilines is 1. The minimum Gasteiger partial charge on any atom is -0.481 e. The molecule has 2 atom stereocenters. The molecule has 0 saturated carbocycles. The van der Waals surface area contributed by atoms with E-state index in [1.165, 1.54) is 0 Å². The molecule has 1 aliphatic rings. The monoisotopic (exact) mass is 264 g/mol. The van der Waals surface area contributed by atoms with Gasteiger partial charge in [0.1, 0.15) is 0 Å². The maximum Gasteiger partial charge on any atom is 0.308 e. The van der Waals surface area contributed by atoms with Gasteiger partial charge in [-0.15, -0.1) is 5.10 Å². The molecule has 0 spiro atoms. The van der Waals surface area contributed by atoms with E-state index in [1.54, 1.807) is 0 Å². The van der Waals surface area contributed by atoms with Crippen molar-refractivity contribution in [2.45, 2.75) is 46.1 Å². The third-order valence-electron chi connectivity index (χ3n) is 3.83. The minimum atomic E-state index is -0.746. The second kappa shape index (κ2) is 5.50. The van der Waals surface area contributed by atoms with Gasteiger partial charge >= 0.3 is 5.97 Å². The van der Waals surface area contributed by atoms with E-state index in [0.717, 1.165) is 24.2 Å². The van der Waals surface area contributed by atoms with Gasteiger partial charge in [-0.25, -0.2) is 4.98 Å². The Balaban J connectivity index is 2.26. The van der Waals surface area contributed by atoms with E-state index in [4.69, 9.17) is 5.11 Å². The van der Waals surface area contributed by atoms with E-state index in [0.29, 0.717) is 18.9 Å². The van der Waals surface area contributed by atoms with Crippen molar-refractivity contribution in [3.8, 4) is 0 Å². The summed E-state index contributed by atoms with van der Waals surface area (Å²) in [5, 5.41) is 17.5. The largest absolute Gasteiger partial charge is 0.481 e. The number of carboxylic acids is 1. The summed E-state index contributed by atoms with van der Waals surface area (Å²) in [6.45, 7) is 6.66. The first-order valence-electron chi connectivity index (χ1n) is 6.80. The molecule has 0 aromatic carbocycles. The topological polar surface area (TPSA) is 79.2 Å². The number of rotatable bonds is 4. The zero-order valence-corrected chi connectivity index (χ0v) is 11.6. The third-order valence-corrected chi connectivity index (χ3v) is 3.83. The molecule has 2 rings (SSSR count). The van der Waals surface area contributed by atoms with Crippen molar-refractivity contribution < 1.29 is 9.90 Å². The Morgan fingerprint density at radius 3 is 2.53 bits per heavy atom. The summed E-state index contributed by atoms with van der Waals surface area (Å²) in [5.41, 5.74) is 1.88. The van der Waals surface area contributed by atoms with Crippen LogP contribution in [0.15, 0.2) is 0 Å². The second-order valence-electron chi connectivity index (χ2n) is 4.88. The molecule has 6 heteroatoms. The molecular weight excluding hydrogens is 244 g/mol. The molecule has 0 amide bonds. The van der Waals surface area contributed by atoms with E-state index in [9.17, 15) is 4.79 Å². The van der Waals surface area contributed by atoms with Crippen molar-refractivity contribution in [1.82, 2.24) is 15.2 Å². The summed E-state index contributed by atoms with van der Waals surface area (Å²) in [4.78, 5) is 17.6. The summed E-state index contributed by atoms with van der Waals surface area (Å²) in [6.07, 6.45) is 2.27. The smallest absolute Gasteiger partial charge is 0.308 e. The van der Waals surface area contributed by atoms with Crippen LogP contribution < -0.4 is 4.90 Å². The van der Waals surface area contributed by atoms with E-state index < -0.39 is 5.97 Å². The lowest BCUT2D eigenvalue weighted by atomic mass is 10.0. The quantitative estimate of drug-likeness (QED) is 0.883. The molecule has 2 unspecified atom stereocenters. The summed E-state index contributed by atoms with van der Waals surface area (Å²) < 4.78 is 0. The number of hydrogen-bond acceptors (Lipinski definition) is 5. The fraction of sp³-hybridized carbons (Fsp3) is 0.692.